The fraction of sp³-hybridized carbons (Fsp3) is 0.632. The summed E-state index contributed by atoms with van der Waals surface area (Å²) in [5.74, 6) is -2.76. The van der Waals surface area contributed by atoms with Gasteiger partial charge in [0.2, 0.25) is 10.0 Å². The van der Waals surface area contributed by atoms with Gasteiger partial charge in [-0.3, -0.25) is 0 Å². The molecule has 2 heterocycles. The molecular formula is C19H27F3N2O5S. The van der Waals surface area contributed by atoms with E-state index in [1.165, 1.54) is 0 Å². The maximum absolute atomic E-state index is 12.7. The maximum Gasteiger partial charge on any atom is 0.490 e. The topological polar surface area (TPSA) is 87.2 Å². The number of aliphatic carboxylic acids is 1. The quantitative estimate of drug-likeness (QED) is 0.755. The summed E-state index contributed by atoms with van der Waals surface area (Å²) < 4.78 is 64.1. The Morgan fingerprint density at radius 3 is 2.23 bits per heavy atom. The highest BCUT2D eigenvalue weighted by atomic mass is 32.2. The highest BCUT2D eigenvalue weighted by Gasteiger charge is 2.45. The van der Waals surface area contributed by atoms with E-state index >= 15 is 0 Å². The van der Waals surface area contributed by atoms with Crippen LogP contribution in [0.5, 0.6) is 0 Å². The van der Waals surface area contributed by atoms with Gasteiger partial charge in [0.15, 0.2) is 0 Å². The average Bonchev–Trinajstić information content (AvgIpc) is 2.97. The minimum atomic E-state index is -5.08. The first-order valence-corrected chi connectivity index (χ1v) is 10.9. The van der Waals surface area contributed by atoms with Crippen LogP contribution < -0.4 is 0 Å². The molecule has 0 aromatic heterocycles. The summed E-state index contributed by atoms with van der Waals surface area (Å²) in [6, 6.07) is 9.21. The van der Waals surface area contributed by atoms with Crippen molar-refractivity contribution in [2.24, 2.45) is 5.41 Å². The van der Waals surface area contributed by atoms with Gasteiger partial charge in [-0.2, -0.15) is 17.5 Å². The average molecular weight is 452 g/mol. The molecule has 0 radical (unpaired) electrons. The van der Waals surface area contributed by atoms with E-state index in [1.54, 1.807) is 35.7 Å². The number of halogens is 3. The van der Waals surface area contributed by atoms with Gasteiger partial charge < -0.3 is 14.7 Å². The zero-order chi connectivity index (χ0) is 22.6. The SMILES string of the molecule is COCC1CC2(CCN(S(=O)(=O)c3ccccc3)CC2)CN1C.O=C(O)C(F)(F)F. The lowest BCUT2D eigenvalue weighted by Gasteiger charge is -2.38. The van der Waals surface area contributed by atoms with Crippen molar-refractivity contribution in [2.75, 3.05) is 40.4 Å². The first kappa shape index (κ1) is 24.6. The second kappa shape index (κ2) is 9.63. The standard InChI is InChI=1S/C17H26N2O3S.C2HF3O2/c1-18-14-17(12-15(18)13-22-2)8-10-19(11-9-17)23(20,21)16-6-4-3-5-7-16;3-2(4,5)1(6)7/h3-7,15H,8-14H2,1-2H3;(H,6,7). The van der Waals surface area contributed by atoms with Crippen LogP contribution in [-0.4, -0.2) is 81.3 Å². The van der Waals surface area contributed by atoms with Gasteiger partial charge in [-0.05, 0) is 43.9 Å². The molecule has 1 N–H and O–H groups in total. The summed E-state index contributed by atoms with van der Waals surface area (Å²) in [7, 11) is 0.538. The smallest absolute Gasteiger partial charge is 0.475 e. The molecule has 1 aromatic carbocycles. The Morgan fingerprint density at radius 1 is 1.23 bits per heavy atom. The normalized spacial score (nSPS) is 22.5. The summed E-state index contributed by atoms with van der Waals surface area (Å²) in [6.07, 6.45) is -2.11. The van der Waals surface area contributed by atoms with Crippen molar-refractivity contribution >= 4 is 16.0 Å². The summed E-state index contributed by atoms with van der Waals surface area (Å²) in [5.41, 5.74) is 0.251. The van der Waals surface area contributed by atoms with Crippen LogP contribution in [0.25, 0.3) is 0 Å². The lowest BCUT2D eigenvalue weighted by molar-refractivity contribution is -0.192. The number of alkyl halides is 3. The molecule has 2 fully saturated rings. The predicted octanol–water partition coefficient (Wildman–Crippen LogP) is 2.44. The predicted molar refractivity (Wildman–Crippen MR) is 103 cm³/mol. The fourth-order valence-corrected chi connectivity index (χ4v) is 5.52. The van der Waals surface area contributed by atoms with E-state index in [0.29, 0.717) is 24.0 Å². The highest BCUT2D eigenvalue weighted by Crippen LogP contribution is 2.43. The largest absolute Gasteiger partial charge is 0.490 e. The van der Waals surface area contributed by atoms with Crippen LogP contribution in [0.1, 0.15) is 19.3 Å². The van der Waals surface area contributed by atoms with E-state index in [4.69, 9.17) is 14.6 Å². The number of sulfonamides is 1. The van der Waals surface area contributed by atoms with Crippen LogP contribution >= 0.6 is 0 Å². The number of carboxylic acid groups (broad SMARTS) is 1. The summed E-state index contributed by atoms with van der Waals surface area (Å²) >= 11 is 0. The van der Waals surface area contributed by atoms with Crippen LogP contribution in [-0.2, 0) is 19.6 Å². The summed E-state index contributed by atoms with van der Waals surface area (Å²) in [6.45, 7) is 3.03. The van der Waals surface area contributed by atoms with Crippen molar-refractivity contribution in [2.45, 2.75) is 36.4 Å². The Hall–Kier alpha value is -1.69. The van der Waals surface area contributed by atoms with Crippen molar-refractivity contribution < 1.29 is 36.2 Å². The number of likely N-dealkylation sites (N-methyl/N-ethyl adjacent to an activating group) is 1. The van der Waals surface area contributed by atoms with E-state index in [9.17, 15) is 21.6 Å². The van der Waals surface area contributed by atoms with Crippen LogP contribution in [0.3, 0.4) is 0 Å². The summed E-state index contributed by atoms with van der Waals surface area (Å²) in [5, 5.41) is 7.12. The number of ether oxygens (including phenoxy) is 1. The number of hydrogen-bond donors (Lipinski definition) is 1. The van der Waals surface area contributed by atoms with E-state index in [-0.39, 0.29) is 5.41 Å². The number of methoxy groups -OCH3 is 1. The van der Waals surface area contributed by atoms with E-state index < -0.39 is 22.2 Å². The third-order valence-corrected chi connectivity index (χ3v) is 7.56. The fourth-order valence-electron chi connectivity index (χ4n) is 4.06. The number of likely N-dealkylation sites (tertiary alicyclic amines) is 1. The molecule has 0 saturated carbocycles. The van der Waals surface area contributed by atoms with Crippen LogP contribution in [0.2, 0.25) is 0 Å². The van der Waals surface area contributed by atoms with Crippen molar-refractivity contribution in [3.63, 3.8) is 0 Å². The second-order valence-electron chi connectivity index (χ2n) is 7.75. The van der Waals surface area contributed by atoms with Gasteiger partial charge in [-0.1, -0.05) is 18.2 Å². The molecule has 170 valence electrons. The zero-order valence-electron chi connectivity index (χ0n) is 16.9. The van der Waals surface area contributed by atoms with Crippen LogP contribution in [0.15, 0.2) is 35.2 Å². The lowest BCUT2D eigenvalue weighted by atomic mass is 9.77. The van der Waals surface area contributed by atoms with E-state index in [2.05, 4.69) is 11.9 Å². The number of carboxylic acids is 1. The molecular weight excluding hydrogens is 425 g/mol. The monoisotopic (exact) mass is 452 g/mol. The molecule has 1 spiro atoms. The Morgan fingerprint density at radius 2 is 1.77 bits per heavy atom. The number of hydrogen-bond acceptors (Lipinski definition) is 5. The molecule has 1 atom stereocenters. The third kappa shape index (κ3) is 5.93. The molecule has 3 rings (SSSR count). The molecule has 1 unspecified atom stereocenters. The molecule has 0 bridgehead atoms. The van der Waals surface area contributed by atoms with Crippen molar-refractivity contribution in [3.05, 3.63) is 30.3 Å². The Labute approximate surface area is 174 Å². The van der Waals surface area contributed by atoms with Crippen molar-refractivity contribution in [1.29, 1.82) is 0 Å². The summed E-state index contributed by atoms with van der Waals surface area (Å²) in [4.78, 5) is 11.7. The maximum atomic E-state index is 12.7. The Balaban J connectivity index is 0.000000396. The first-order valence-electron chi connectivity index (χ1n) is 9.46. The molecule has 30 heavy (non-hydrogen) atoms. The minimum absolute atomic E-state index is 0.251. The van der Waals surface area contributed by atoms with Crippen LogP contribution in [0.4, 0.5) is 13.2 Å². The van der Waals surface area contributed by atoms with Gasteiger partial charge in [0.1, 0.15) is 0 Å². The first-order chi connectivity index (χ1) is 13.9. The van der Waals surface area contributed by atoms with Gasteiger partial charge in [0, 0.05) is 32.8 Å². The number of benzene rings is 1. The molecule has 2 aliphatic heterocycles. The Kier molecular flexibility index (Phi) is 7.89. The zero-order valence-corrected chi connectivity index (χ0v) is 17.7. The third-order valence-electron chi connectivity index (χ3n) is 5.64. The van der Waals surface area contributed by atoms with Crippen LogP contribution in [0, 0.1) is 5.41 Å². The second-order valence-corrected chi connectivity index (χ2v) is 9.69. The minimum Gasteiger partial charge on any atom is -0.475 e. The molecule has 0 amide bonds. The number of piperidine rings is 1. The van der Waals surface area contributed by atoms with Crippen molar-refractivity contribution in [1.82, 2.24) is 9.21 Å². The number of nitrogens with zero attached hydrogens (tertiary/aromatic N) is 2. The van der Waals surface area contributed by atoms with Crippen molar-refractivity contribution in [3.8, 4) is 0 Å². The Bertz CT molecular complexity index is 809. The number of rotatable bonds is 4. The van der Waals surface area contributed by atoms with Gasteiger partial charge >= 0.3 is 12.1 Å². The van der Waals surface area contributed by atoms with Gasteiger partial charge in [-0.25, -0.2) is 13.2 Å². The highest BCUT2D eigenvalue weighted by molar-refractivity contribution is 7.89. The molecule has 11 heteroatoms. The van der Waals surface area contributed by atoms with Gasteiger partial charge in [-0.15, -0.1) is 0 Å². The number of carbonyl (C=O) groups is 1. The molecule has 0 aliphatic carbocycles. The lowest BCUT2D eigenvalue weighted by Crippen LogP contribution is -2.44. The molecule has 1 aromatic rings. The van der Waals surface area contributed by atoms with E-state index in [1.807, 2.05) is 6.07 Å². The molecule has 2 saturated heterocycles. The van der Waals surface area contributed by atoms with Gasteiger partial charge in [0.05, 0.1) is 11.5 Å². The van der Waals surface area contributed by atoms with Gasteiger partial charge in [0.25, 0.3) is 0 Å². The molecule has 2 aliphatic rings. The van der Waals surface area contributed by atoms with E-state index in [0.717, 1.165) is 32.4 Å². The molecule has 7 nitrogen and oxygen atoms in total.